The molecule has 2 aliphatic heterocycles. The second-order valence-corrected chi connectivity index (χ2v) is 11.4. The van der Waals surface area contributed by atoms with E-state index < -0.39 is 30.5 Å². The molecule has 2 atom stereocenters. The highest BCUT2D eigenvalue weighted by molar-refractivity contribution is 7.92. The molecular formula is C21H42O7S2. The van der Waals surface area contributed by atoms with E-state index in [1.165, 1.54) is 0 Å². The van der Waals surface area contributed by atoms with E-state index >= 15 is 0 Å². The molecule has 0 aromatic rings. The largest absolute Gasteiger partial charge is 0.400 e. The second-order valence-electron chi connectivity index (χ2n) is 7.12. The molecule has 1 N–H and O–H groups in total. The van der Waals surface area contributed by atoms with Crippen molar-refractivity contribution in [1.29, 1.82) is 0 Å². The molecule has 30 heavy (non-hydrogen) atoms. The van der Waals surface area contributed by atoms with Crippen LogP contribution in [0.15, 0.2) is 24.3 Å². The zero-order valence-corrected chi connectivity index (χ0v) is 21.0. The van der Waals surface area contributed by atoms with Crippen molar-refractivity contribution >= 4 is 19.7 Å². The van der Waals surface area contributed by atoms with E-state index in [2.05, 4.69) is 13.2 Å². The highest BCUT2D eigenvalue weighted by Gasteiger charge is 2.28. The molecule has 9 heteroatoms. The van der Waals surface area contributed by atoms with Gasteiger partial charge in [0.1, 0.15) is 0 Å². The Morgan fingerprint density at radius 2 is 1.07 bits per heavy atom. The summed E-state index contributed by atoms with van der Waals surface area (Å²) >= 11 is 0. The summed E-state index contributed by atoms with van der Waals surface area (Å²) in [5.41, 5.74) is 0.180. The lowest BCUT2D eigenvalue weighted by atomic mass is 10.2. The number of aliphatic hydroxyl groups excluding tert-OH is 1. The lowest BCUT2D eigenvalue weighted by Gasteiger charge is -2.22. The highest BCUT2D eigenvalue weighted by atomic mass is 32.2. The van der Waals surface area contributed by atoms with Gasteiger partial charge < -0.3 is 14.6 Å². The van der Waals surface area contributed by atoms with Crippen LogP contribution in [-0.2, 0) is 29.1 Å². The molecule has 2 unspecified atom stereocenters. The first-order valence-electron chi connectivity index (χ1n) is 10.4. The van der Waals surface area contributed by atoms with Gasteiger partial charge in [0, 0.05) is 20.3 Å². The van der Waals surface area contributed by atoms with Gasteiger partial charge in [0.25, 0.3) is 0 Å². The molecule has 180 valence electrons. The lowest BCUT2D eigenvalue weighted by molar-refractivity contribution is 0.0663. The Balaban J connectivity index is 0. The van der Waals surface area contributed by atoms with Crippen LogP contribution >= 0.6 is 0 Å². The number of hydrogen-bond acceptors (Lipinski definition) is 7. The molecule has 2 saturated heterocycles. The van der Waals surface area contributed by atoms with Gasteiger partial charge in [-0.3, -0.25) is 0 Å². The first kappa shape index (κ1) is 31.4. The fourth-order valence-corrected chi connectivity index (χ4v) is 6.27. The molecular weight excluding hydrogens is 428 g/mol. The van der Waals surface area contributed by atoms with Crippen molar-refractivity contribution in [3.63, 3.8) is 0 Å². The Morgan fingerprint density at radius 3 is 1.27 bits per heavy atom. The molecule has 0 aromatic carbocycles. The third-order valence-corrected chi connectivity index (χ3v) is 8.11. The van der Waals surface area contributed by atoms with Crippen LogP contribution in [-0.4, -0.2) is 64.6 Å². The molecule has 2 fully saturated rings. The Morgan fingerprint density at radius 1 is 0.767 bits per heavy atom. The standard InChI is InChI=1S/2C9H16O3S.C2H6.CH4O/c2*1-8(2)7-13(10,11)9-5-3-4-6-12-9;2*1-2/h2*9H,1,3-7H2,2H3;1-2H3;2H,1H3. The molecule has 0 saturated carbocycles. The fraction of sp³-hybridized carbons (Fsp3) is 0.810. The minimum absolute atomic E-state index is 0.0532. The van der Waals surface area contributed by atoms with Crippen LogP contribution in [0, 0.1) is 0 Å². The summed E-state index contributed by atoms with van der Waals surface area (Å²) in [6.45, 7) is 15.8. The number of rotatable bonds is 6. The predicted octanol–water partition coefficient (Wildman–Crippen LogP) is 3.64. The van der Waals surface area contributed by atoms with Gasteiger partial charge in [-0.2, -0.15) is 0 Å². The first-order valence-corrected chi connectivity index (χ1v) is 13.9. The minimum atomic E-state index is -3.10. The molecule has 0 radical (unpaired) electrons. The molecule has 2 rings (SSSR count). The minimum Gasteiger partial charge on any atom is -0.400 e. The monoisotopic (exact) mass is 470 g/mol. The fourth-order valence-electron chi connectivity index (χ4n) is 2.86. The highest BCUT2D eigenvalue weighted by Crippen LogP contribution is 2.20. The quantitative estimate of drug-likeness (QED) is 0.591. The Labute approximate surface area is 184 Å². The van der Waals surface area contributed by atoms with Crippen LogP contribution in [0.5, 0.6) is 0 Å². The second kappa shape index (κ2) is 16.9. The van der Waals surface area contributed by atoms with Crippen LogP contribution in [0.2, 0.25) is 0 Å². The van der Waals surface area contributed by atoms with Gasteiger partial charge >= 0.3 is 0 Å². The summed E-state index contributed by atoms with van der Waals surface area (Å²) in [6.07, 6.45) is 5.10. The zero-order chi connectivity index (χ0) is 23.8. The van der Waals surface area contributed by atoms with E-state index in [1.807, 2.05) is 13.8 Å². The van der Waals surface area contributed by atoms with Gasteiger partial charge in [-0.1, -0.05) is 38.2 Å². The topological polar surface area (TPSA) is 107 Å². The molecule has 0 aliphatic carbocycles. The summed E-state index contributed by atoms with van der Waals surface area (Å²) in [5, 5.41) is 7.00. The van der Waals surface area contributed by atoms with Crippen LogP contribution in [0.25, 0.3) is 0 Å². The summed E-state index contributed by atoms with van der Waals surface area (Å²) in [4.78, 5) is 0. The summed E-state index contributed by atoms with van der Waals surface area (Å²) < 4.78 is 56.9. The number of ether oxygens (including phenoxy) is 2. The number of sulfone groups is 2. The van der Waals surface area contributed by atoms with Crippen molar-refractivity contribution in [3.05, 3.63) is 24.3 Å². The third-order valence-electron chi connectivity index (χ3n) is 3.97. The van der Waals surface area contributed by atoms with Crippen LogP contribution in [0.4, 0.5) is 0 Å². The predicted molar refractivity (Wildman–Crippen MR) is 124 cm³/mol. The van der Waals surface area contributed by atoms with E-state index in [-0.39, 0.29) is 11.5 Å². The van der Waals surface area contributed by atoms with Gasteiger partial charge in [0.2, 0.25) is 0 Å². The van der Waals surface area contributed by atoms with Gasteiger partial charge in [-0.05, 0) is 52.4 Å². The Kier molecular flexibility index (Phi) is 17.7. The summed E-state index contributed by atoms with van der Waals surface area (Å²) in [7, 11) is -5.21. The van der Waals surface area contributed by atoms with E-state index in [9.17, 15) is 16.8 Å². The maximum atomic E-state index is 11.6. The number of hydrogen-bond donors (Lipinski definition) is 1. The molecule has 0 bridgehead atoms. The smallest absolute Gasteiger partial charge is 0.180 e. The van der Waals surface area contributed by atoms with Crippen molar-refractivity contribution < 1.29 is 31.4 Å². The zero-order valence-electron chi connectivity index (χ0n) is 19.4. The van der Waals surface area contributed by atoms with E-state index in [0.717, 1.165) is 32.8 Å². The van der Waals surface area contributed by atoms with Crippen LogP contribution in [0.1, 0.15) is 66.2 Å². The van der Waals surface area contributed by atoms with E-state index in [0.29, 0.717) is 37.2 Å². The Hall–Kier alpha value is -0.740. The molecule has 7 nitrogen and oxygen atoms in total. The van der Waals surface area contributed by atoms with E-state index in [4.69, 9.17) is 14.6 Å². The van der Waals surface area contributed by atoms with Gasteiger partial charge in [-0.15, -0.1) is 0 Å². The number of aliphatic hydroxyl groups is 1. The molecule has 0 aromatic heterocycles. The van der Waals surface area contributed by atoms with Gasteiger partial charge in [0.15, 0.2) is 30.5 Å². The van der Waals surface area contributed by atoms with E-state index in [1.54, 1.807) is 13.8 Å². The van der Waals surface area contributed by atoms with Crippen molar-refractivity contribution in [2.75, 3.05) is 31.8 Å². The van der Waals surface area contributed by atoms with Crippen molar-refractivity contribution in [1.82, 2.24) is 0 Å². The average molecular weight is 471 g/mol. The van der Waals surface area contributed by atoms with Crippen molar-refractivity contribution in [3.8, 4) is 0 Å². The Bertz CT molecular complexity index is 610. The normalized spacial score (nSPS) is 21.4. The van der Waals surface area contributed by atoms with Crippen molar-refractivity contribution in [2.45, 2.75) is 77.1 Å². The summed E-state index contributed by atoms with van der Waals surface area (Å²) in [6, 6.07) is 0. The van der Waals surface area contributed by atoms with Crippen molar-refractivity contribution in [2.24, 2.45) is 0 Å². The van der Waals surface area contributed by atoms with Gasteiger partial charge in [0.05, 0.1) is 11.5 Å². The average Bonchev–Trinajstić information content (AvgIpc) is 2.71. The molecule has 2 heterocycles. The maximum absolute atomic E-state index is 11.6. The van der Waals surface area contributed by atoms with Crippen LogP contribution < -0.4 is 0 Å². The molecule has 2 aliphatic rings. The lowest BCUT2D eigenvalue weighted by Crippen LogP contribution is -2.30. The third kappa shape index (κ3) is 13.5. The van der Waals surface area contributed by atoms with Crippen LogP contribution in [0.3, 0.4) is 0 Å². The molecule has 0 spiro atoms. The summed E-state index contributed by atoms with van der Waals surface area (Å²) in [5.74, 6) is 0.106. The maximum Gasteiger partial charge on any atom is 0.180 e. The van der Waals surface area contributed by atoms with Gasteiger partial charge in [-0.25, -0.2) is 16.8 Å². The molecule has 0 amide bonds. The first-order chi connectivity index (χ1) is 14.0. The SMILES string of the molecule is C=C(C)CS(=O)(=O)C1CCCCO1.C=C(C)CS(=O)(=O)C1CCCCO1.CC.CO.